The van der Waals surface area contributed by atoms with Crippen LogP contribution in [0.2, 0.25) is 0 Å². The fourth-order valence-corrected chi connectivity index (χ4v) is 4.29. The first kappa shape index (κ1) is 21.1. The van der Waals surface area contributed by atoms with Gasteiger partial charge in [-0.2, -0.15) is 0 Å². The molecule has 0 bridgehead atoms. The van der Waals surface area contributed by atoms with E-state index in [-0.39, 0.29) is 5.91 Å². The molecule has 6 nitrogen and oxygen atoms in total. The molecule has 3 aromatic carbocycles. The van der Waals surface area contributed by atoms with Crippen LogP contribution in [0, 0.1) is 0 Å². The van der Waals surface area contributed by atoms with Gasteiger partial charge in [0.2, 0.25) is 0 Å². The maximum atomic E-state index is 13.7. The fraction of sp³-hybridized carbons (Fsp3) is 0.222. The van der Waals surface area contributed by atoms with Crippen molar-refractivity contribution >= 4 is 22.4 Å². The third-order valence-electron chi connectivity index (χ3n) is 5.82. The molecule has 0 fully saturated rings. The van der Waals surface area contributed by atoms with E-state index in [0.29, 0.717) is 37.7 Å². The highest BCUT2D eigenvalue weighted by Crippen LogP contribution is 2.41. The van der Waals surface area contributed by atoms with Crippen LogP contribution in [0.15, 0.2) is 83.5 Å². The number of benzene rings is 3. The number of nitrogens with one attached hydrogen (secondary N) is 1. The second-order valence-corrected chi connectivity index (χ2v) is 7.85. The van der Waals surface area contributed by atoms with Gasteiger partial charge in [0.05, 0.1) is 25.0 Å². The van der Waals surface area contributed by atoms with Crippen LogP contribution in [0.25, 0.3) is 10.8 Å². The van der Waals surface area contributed by atoms with E-state index in [4.69, 9.17) is 13.9 Å². The van der Waals surface area contributed by atoms with Crippen LogP contribution < -0.4 is 10.1 Å². The number of hydrogen-bond donors (Lipinski definition) is 1. The summed E-state index contributed by atoms with van der Waals surface area (Å²) in [6.07, 6.45) is 1.19. The number of carbonyl (C=O) groups excluding carboxylic acids is 1. The second-order valence-electron chi connectivity index (χ2n) is 7.85. The molecule has 168 valence electrons. The first-order valence-corrected chi connectivity index (χ1v) is 11.2. The smallest absolute Gasteiger partial charge is 0.258 e. The minimum atomic E-state index is -0.439. The van der Waals surface area contributed by atoms with E-state index < -0.39 is 6.17 Å². The Morgan fingerprint density at radius 2 is 1.82 bits per heavy atom. The summed E-state index contributed by atoms with van der Waals surface area (Å²) in [5.41, 5.74) is 2.36. The van der Waals surface area contributed by atoms with Gasteiger partial charge in [0.15, 0.2) is 0 Å². The number of para-hydroxylation sites is 1. The van der Waals surface area contributed by atoms with Crippen molar-refractivity contribution < 1.29 is 18.7 Å². The minimum absolute atomic E-state index is 0.0565. The van der Waals surface area contributed by atoms with Gasteiger partial charge in [-0.25, -0.2) is 0 Å². The van der Waals surface area contributed by atoms with E-state index in [2.05, 4.69) is 17.4 Å². The van der Waals surface area contributed by atoms with Gasteiger partial charge >= 0.3 is 0 Å². The summed E-state index contributed by atoms with van der Waals surface area (Å²) < 4.78 is 17.2. The Morgan fingerprint density at radius 1 is 0.970 bits per heavy atom. The topological polar surface area (TPSA) is 63.9 Å². The normalized spacial score (nSPS) is 15.4. The molecule has 0 saturated carbocycles. The minimum Gasteiger partial charge on any atom is -0.491 e. The van der Waals surface area contributed by atoms with Crippen molar-refractivity contribution in [2.75, 3.05) is 25.1 Å². The maximum Gasteiger partial charge on any atom is 0.258 e. The Kier molecular flexibility index (Phi) is 6.00. The van der Waals surface area contributed by atoms with Gasteiger partial charge in [0.25, 0.3) is 5.91 Å². The summed E-state index contributed by atoms with van der Waals surface area (Å²) in [6.45, 7) is 3.86. The standard InChI is InChI=1S/C27H26N2O4/c1-2-31-16-17-33-24-14-13-19-8-3-4-10-21(19)25(24)26-28-23-12-6-5-11-22(23)27(30)29(26)18-20-9-7-15-32-20/h3-15,26,28H,2,16-18H2,1H3. The predicted octanol–water partition coefficient (Wildman–Crippen LogP) is 5.61. The first-order valence-electron chi connectivity index (χ1n) is 11.2. The maximum absolute atomic E-state index is 13.7. The van der Waals surface area contributed by atoms with E-state index in [1.165, 1.54) is 0 Å². The SMILES string of the molecule is CCOCCOc1ccc2ccccc2c1C1Nc2ccccc2C(=O)N1Cc1ccco1. The summed E-state index contributed by atoms with van der Waals surface area (Å²) in [6, 6.07) is 23.5. The summed E-state index contributed by atoms with van der Waals surface area (Å²) in [4.78, 5) is 15.5. The average Bonchev–Trinajstić information content (AvgIpc) is 3.37. The lowest BCUT2D eigenvalue weighted by Crippen LogP contribution is -2.42. The molecule has 0 radical (unpaired) electrons. The van der Waals surface area contributed by atoms with Crippen molar-refractivity contribution in [3.63, 3.8) is 0 Å². The van der Waals surface area contributed by atoms with Crippen molar-refractivity contribution in [1.29, 1.82) is 0 Å². The molecule has 0 aliphatic carbocycles. The zero-order valence-electron chi connectivity index (χ0n) is 18.5. The summed E-state index contributed by atoms with van der Waals surface area (Å²) >= 11 is 0. The van der Waals surface area contributed by atoms with E-state index in [9.17, 15) is 4.79 Å². The van der Waals surface area contributed by atoms with Crippen LogP contribution in [-0.4, -0.2) is 30.6 Å². The molecule has 1 aromatic heterocycles. The number of hydrogen-bond acceptors (Lipinski definition) is 5. The number of anilines is 1. The zero-order valence-corrected chi connectivity index (χ0v) is 18.5. The van der Waals surface area contributed by atoms with Crippen LogP contribution in [0.1, 0.15) is 34.8 Å². The Balaban J connectivity index is 1.63. The molecule has 1 amide bonds. The molecule has 5 rings (SSSR count). The highest BCUT2D eigenvalue weighted by Gasteiger charge is 2.36. The molecule has 6 heteroatoms. The molecule has 0 saturated heterocycles. The van der Waals surface area contributed by atoms with Crippen LogP contribution in [0.4, 0.5) is 5.69 Å². The first-order chi connectivity index (χ1) is 16.3. The molecule has 1 aliphatic heterocycles. The monoisotopic (exact) mass is 442 g/mol. The lowest BCUT2D eigenvalue weighted by Gasteiger charge is -2.38. The zero-order chi connectivity index (χ0) is 22.6. The summed E-state index contributed by atoms with van der Waals surface area (Å²) in [7, 11) is 0. The number of rotatable bonds is 8. The third-order valence-corrected chi connectivity index (χ3v) is 5.82. The lowest BCUT2D eigenvalue weighted by molar-refractivity contribution is 0.0647. The van der Waals surface area contributed by atoms with Gasteiger partial charge < -0.3 is 24.1 Å². The quantitative estimate of drug-likeness (QED) is 0.359. The van der Waals surface area contributed by atoms with Crippen LogP contribution in [-0.2, 0) is 11.3 Å². The molecule has 0 spiro atoms. The van der Waals surface area contributed by atoms with Crippen molar-refractivity contribution in [2.45, 2.75) is 19.6 Å². The molecular formula is C27H26N2O4. The van der Waals surface area contributed by atoms with Crippen LogP contribution in [0.5, 0.6) is 5.75 Å². The Hall–Kier alpha value is -3.77. The molecule has 33 heavy (non-hydrogen) atoms. The second kappa shape index (κ2) is 9.38. The van der Waals surface area contributed by atoms with Crippen molar-refractivity contribution in [2.24, 2.45) is 0 Å². The number of ether oxygens (including phenoxy) is 2. The number of furan rings is 1. The molecule has 1 unspecified atom stereocenters. The fourth-order valence-electron chi connectivity index (χ4n) is 4.29. The van der Waals surface area contributed by atoms with Gasteiger partial charge in [-0.15, -0.1) is 0 Å². The van der Waals surface area contributed by atoms with Crippen molar-refractivity contribution in [3.8, 4) is 5.75 Å². The van der Waals surface area contributed by atoms with E-state index in [1.807, 2.05) is 67.6 Å². The lowest BCUT2D eigenvalue weighted by atomic mass is 9.97. The molecule has 1 atom stereocenters. The number of amides is 1. The Morgan fingerprint density at radius 3 is 2.67 bits per heavy atom. The highest BCUT2D eigenvalue weighted by molar-refractivity contribution is 6.02. The van der Waals surface area contributed by atoms with Crippen molar-refractivity contribution in [1.82, 2.24) is 4.90 Å². The van der Waals surface area contributed by atoms with Crippen LogP contribution in [0.3, 0.4) is 0 Å². The third kappa shape index (κ3) is 4.17. The summed E-state index contributed by atoms with van der Waals surface area (Å²) in [5, 5.41) is 5.70. The van der Waals surface area contributed by atoms with Crippen molar-refractivity contribution in [3.05, 3.63) is 95.9 Å². The Labute approximate surface area is 192 Å². The predicted molar refractivity (Wildman–Crippen MR) is 127 cm³/mol. The van der Waals surface area contributed by atoms with E-state index >= 15 is 0 Å². The molecule has 4 aromatic rings. The van der Waals surface area contributed by atoms with E-state index in [0.717, 1.165) is 27.8 Å². The van der Waals surface area contributed by atoms with E-state index in [1.54, 1.807) is 11.2 Å². The Bertz CT molecular complexity index is 1250. The van der Waals surface area contributed by atoms with Crippen LogP contribution >= 0.6 is 0 Å². The highest BCUT2D eigenvalue weighted by atomic mass is 16.5. The summed E-state index contributed by atoms with van der Waals surface area (Å²) in [5.74, 6) is 1.38. The largest absolute Gasteiger partial charge is 0.491 e. The average molecular weight is 443 g/mol. The van der Waals surface area contributed by atoms with Gasteiger partial charge in [-0.1, -0.05) is 42.5 Å². The number of nitrogens with zero attached hydrogens (tertiary/aromatic N) is 1. The molecule has 1 aliphatic rings. The van der Waals surface area contributed by atoms with Gasteiger partial charge in [-0.05, 0) is 48.0 Å². The molecule has 2 heterocycles. The number of carbonyl (C=O) groups is 1. The number of fused-ring (bicyclic) bond motifs is 2. The van der Waals surface area contributed by atoms with Gasteiger partial charge in [0, 0.05) is 17.9 Å². The van der Waals surface area contributed by atoms with Gasteiger partial charge in [-0.3, -0.25) is 4.79 Å². The van der Waals surface area contributed by atoms with Gasteiger partial charge in [0.1, 0.15) is 24.3 Å². The molecule has 1 N–H and O–H groups in total. The molecular weight excluding hydrogens is 416 g/mol.